The van der Waals surface area contributed by atoms with Crippen molar-refractivity contribution in [2.45, 2.75) is 39.7 Å². The Labute approximate surface area is 183 Å². The van der Waals surface area contributed by atoms with Crippen LogP contribution in [0, 0.1) is 0 Å². The van der Waals surface area contributed by atoms with Crippen LogP contribution >= 0.6 is 12.2 Å². The number of ether oxygens (including phenoxy) is 1. The van der Waals surface area contributed by atoms with Gasteiger partial charge in [-0.3, -0.25) is 19.4 Å². The largest absolute Gasteiger partial charge is 0.496 e. The zero-order valence-electron chi connectivity index (χ0n) is 18.7. The monoisotopic (exact) mass is 427 g/mol. The highest BCUT2D eigenvalue weighted by atomic mass is 32.1. The Bertz CT molecular complexity index is 968. The van der Waals surface area contributed by atoms with Crippen molar-refractivity contribution >= 4 is 46.5 Å². The van der Waals surface area contributed by atoms with Crippen molar-refractivity contribution in [3.8, 4) is 5.75 Å². The van der Waals surface area contributed by atoms with Crippen LogP contribution in [0.3, 0.4) is 0 Å². The molecule has 0 aliphatic carbocycles. The fourth-order valence-electron chi connectivity index (χ4n) is 4.17. The van der Waals surface area contributed by atoms with Crippen LogP contribution in [0.25, 0.3) is 11.6 Å². The lowest BCUT2D eigenvalue weighted by atomic mass is 9.87. The van der Waals surface area contributed by atoms with E-state index >= 15 is 0 Å². The van der Waals surface area contributed by atoms with E-state index in [-0.39, 0.29) is 16.2 Å². The van der Waals surface area contributed by atoms with Gasteiger partial charge in [0.1, 0.15) is 11.3 Å². The molecular weight excluding hydrogens is 398 g/mol. The van der Waals surface area contributed by atoms with Crippen LogP contribution in [0.2, 0.25) is 0 Å². The summed E-state index contributed by atoms with van der Waals surface area (Å²) in [5.74, 6) is -0.209. The predicted octanol–water partition coefficient (Wildman–Crippen LogP) is 3.71. The second-order valence-corrected chi connectivity index (χ2v) is 8.68. The summed E-state index contributed by atoms with van der Waals surface area (Å²) in [5.41, 5.74) is 3.96. The summed E-state index contributed by atoms with van der Waals surface area (Å²) in [6.07, 6.45) is 4.88. The molecule has 1 saturated heterocycles. The van der Waals surface area contributed by atoms with Crippen molar-refractivity contribution in [2.75, 3.05) is 32.6 Å². The molecule has 0 saturated carbocycles. The summed E-state index contributed by atoms with van der Waals surface area (Å²) in [5, 5.41) is 0.191. The summed E-state index contributed by atoms with van der Waals surface area (Å²) >= 11 is 5.17. The number of amides is 2. The first-order valence-corrected chi connectivity index (χ1v) is 10.5. The first kappa shape index (κ1) is 22.0. The molecule has 6 nitrogen and oxygen atoms in total. The maximum absolute atomic E-state index is 12.7. The minimum Gasteiger partial charge on any atom is -0.496 e. The Morgan fingerprint density at radius 1 is 1.13 bits per heavy atom. The van der Waals surface area contributed by atoms with Gasteiger partial charge in [-0.15, -0.1) is 0 Å². The lowest BCUT2D eigenvalue weighted by Crippen LogP contribution is -2.52. The summed E-state index contributed by atoms with van der Waals surface area (Å²) in [7, 11) is 4.74. The molecule has 2 aliphatic heterocycles. The molecule has 7 heteroatoms. The van der Waals surface area contributed by atoms with Crippen LogP contribution in [-0.4, -0.2) is 60.0 Å². The van der Waals surface area contributed by atoms with E-state index in [1.165, 1.54) is 9.80 Å². The molecule has 0 unspecified atom stereocenters. The van der Waals surface area contributed by atoms with Crippen molar-refractivity contribution in [1.29, 1.82) is 0 Å². The topological polar surface area (TPSA) is 53.1 Å². The van der Waals surface area contributed by atoms with Gasteiger partial charge in [0, 0.05) is 43.5 Å². The number of fused-ring (bicyclic) bond motifs is 1. The van der Waals surface area contributed by atoms with Gasteiger partial charge in [-0.05, 0) is 57.1 Å². The van der Waals surface area contributed by atoms with E-state index < -0.39 is 11.8 Å². The van der Waals surface area contributed by atoms with E-state index in [1.807, 2.05) is 12.1 Å². The molecule has 1 aromatic carbocycles. The van der Waals surface area contributed by atoms with Gasteiger partial charge >= 0.3 is 0 Å². The second kappa shape index (κ2) is 7.87. The van der Waals surface area contributed by atoms with Gasteiger partial charge in [0.2, 0.25) is 0 Å². The smallest absolute Gasteiger partial charge is 0.265 e. The number of carbonyl (C=O) groups excluding carboxylic acids is 2. The molecular formula is C23H29N3O3S. The quantitative estimate of drug-likeness (QED) is 0.417. The van der Waals surface area contributed by atoms with Gasteiger partial charge in [-0.25, -0.2) is 0 Å². The van der Waals surface area contributed by atoms with Gasteiger partial charge in [0.25, 0.3) is 11.8 Å². The third kappa shape index (κ3) is 3.51. The molecule has 0 atom stereocenters. The molecule has 160 valence electrons. The first-order valence-electron chi connectivity index (χ1n) is 10.0. The average Bonchev–Trinajstić information content (AvgIpc) is 2.70. The number of rotatable bonds is 4. The molecule has 2 aliphatic rings. The lowest BCUT2D eigenvalue weighted by Gasteiger charge is -2.43. The summed E-state index contributed by atoms with van der Waals surface area (Å²) in [6.45, 7) is 9.56. The molecule has 0 radical (unpaired) electrons. The van der Waals surface area contributed by atoms with Crippen LogP contribution in [0.4, 0.5) is 5.69 Å². The molecule has 30 heavy (non-hydrogen) atoms. The van der Waals surface area contributed by atoms with Gasteiger partial charge in [-0.1, -0.05) is 13.0 Å². The lowest BCUT2D eigenvalue weighted by molar-refractivity contribution is -0.132. The van der Waals surface area contributed by atoms with Crippen molar-refractivity contribution in [3.05, 3.63) is 34.9 Å². The average molecular weight is 428 g/mol. The SMILES string of the molecule is CCCN1c2cc(OC)c(C=C3C(=O)N(C)C(=S)N(C)C3=O)cc2C(C)=CC1(C)C. The van der Waals surface area contributed by atoms with E-state index in [2.05, 4.69) is 38.7 Å². The van der Waals surface area contributed by atoms with Crippen LogP contribution in [0.5, 0.6) is 5.75 Å². The molecule has 1 fully saturated rings. The number of likely N-dealkylation sites (N-methyl/N-ethyl adjacent to an activating group) is 2. The zero-order valence-corrected chi connectivity index (χ0v) is 19.5. The highest BCUT2D eigenvalue weighted by Crippen LogP contribution is 2.42. The Morgan fingerprint density at radius 2 is 1.73 bits per heavy atom. The number of anilines is 1. The highest BCUT2D eigenvalue weighted by molar-refractivity contribution is 7.80. The minimum absolute atomic E-state index is 0.0648. The molecule has 2 amide bonds. The number of methoxy groups -OCH3 is 1. The van der Waals surface area contributed by atoms with E-state index in [0.29, 0.717) is 11.3 Å². The van der Waals surface area contributed by atoms with Crippen LogP contribution in [0.1, 0.15) is 45.2 Å². The Balaban J connectivity index is 2.18. The van der Waals surface area contributed by atoms with Gasteiger partial charge in [0.05, 0.1) is 12.6 Å². The van der Waals surface area contributed by atoms with Crippen LogP contribution in [0.15, 0.2) is 23.8 Å². The van der Waals surface area contributed by atoms with Crippen molar-refractivity contribution in [3.63, 3.8) is 0 Å². The number of allylic oxidation sites excluding steroid dienone is 1. The number of carbonyl (C=O) groups is 2. The number of benzene rings is 1. The van der Waals surface area contributed by atoms with E-state index in [9.17, 15) is 9.59 Å². The third-order valence-corrected chi connectivity index (χ3v) is 6.27. The van der Waals surface area contributed by atoms with Gasteiger partial charge < -0.3 is 9.64 Å². The Hall–Kier alpha value is -2.67. The molecule has 3 rings (SSSR count). The minimum atomic E-state index is -0.413. The summed E-state index contributed by atoms with van der Waals surface area (Å²) < 4.78 is 5.66. The standard InChI is InChI=1S/C23H29N3O3S/c1-8-9-26-18-12-19(29-7)15(10-16(18)14(2)13-23(26,3)4)11-17-20(27)24(5)22(30)25(6)21(17)28/h10-13H,8-9H2,1-7H3. The van der Waals surface area contributed by atoms with Crippen LogP contribution < -0.4 is 9.64 Å². The van der Waals surface area contributed by atoms with E-state index in [4.69, 9.17) is 17.0 Å². The zero-order chi connectivity index (χ0) is 22.4. The van der Waals surface area contributed by atoms with Crippen molar-refractivity contribution in [1.82, 2.24) is 9.80 Å². The third-order valence-electron chi connectivity index (χ3n) is 5.72. The fraction of sp³-hybridized carbons (Fsp3) is 0.435. The second-order valence-electron chi connectivity index (χ2n) is 8.31. The molecule has 0 spiro atoms. The molecule has 1 aromatic rings. The number of thiocarbonyl (C=S) groups is 1. The van der Waals surface area contributed by atoms with Crippen LogP contribution in [-0.2, 0) is 9.59 Å². The number of hydrogen-bond donors (Lipinski definition) is 0. The molecule has 0 bridgehead atoms. The molecule has 0 N–H and O–H groups in total. The van der Waals surface area contributed by atoms with Crippen molar-refractivity contribution in [2.24, 2.45) is 0 Å². The molecule has 0 aromatic heterocycles. The number of hydrogen-bond acceptors (Lipinski definition) is 5. The fourth-order valence-corrected chi connectivity index (χ4v) is 4.34. The first-order chi connectivity index (χ1) is 14.0. The predicted molar refractivity (Wildman–Crippen MR) is 124 cm³/mol. The van der Waals surface area contributed by atoms with Gasteiger partial charge in [-0.2, -0.15) is 0 Å². The summed E-state index contributed by atoms with van der Waals surface area (Å²) in [4.78, 5) is 30.5. The number of nitrogens with zero attached hydrogens (tertiary/aromatic N) is 3. The molecule has 2 heterocycles. The Morgan fingerprint density at radius 3 is 2.27 bits per heavy atom. The van der Waals surface area contributed by atoms with E-state index in [1.54, 1.807) is 27.3 Å². The highest BCUT2D eigenvalue weighted by Gasteiger charge is 2.36. The maximum atomic E-state index is 12.7. The van der Waals surface area contributed by atoms with Gasteiger partial charge in [0.15, 0.2) is 5.11 Å². The van der Waals surface area contributed by atoms with Crippen molar-refractivity contribution < 1.29 is 14.3 Å². The maximum Gasteiger partial charge on any atom is 0.265 e. The van der Waals surface area contributed by atoms with E-state index in [0.717, 1.165) is 29.8 Å². The Kier molecular flexibility index (Phi) is 5.78. The summed E-state index contributed by atoms with van der Waals surface area (Å²) in [6, 6.07) is 4.00. The normalized spacial score (nSPS) is 18.5.